The first-order valence-electron chi connectivity index (χ1n) is 9.35. The highest BCUT2D eigenvalue weighted by atomic mass is 14.4. The Morgan fingerprint density at radius 3 is 2.41 bits per heavy atom. The summed E-state index contributed by atoms with van der Waals surface area (Å²) in [6, 6.07) is 8.50. The standard InChI is InChI=1S/C24H25N.C2H6/c1-6-7-11-23(19(5)20-10-8-9-18(4)15-20)21-12-13-24(25)22(16-21)14-17(2)3;1-2/h6-16,25H,1-2H2,3-5H3;1-2H3/b11-7-,22-14-,23-19-,25-24?;. The van der Waals surface area contributed by atoms with Crippen molar-refractivity contribution in [2.45, 2.75) is 34.6 Å². The molecule has 1 aliphatic rings. The van der Waals surface area contributed by atoms with Gasteiger partial charge in [-0.1, -0.05) is 92.8 Å². The highest BCUT2D eigenvalue weighted by molar-refractivity contribution is 6.10. The first-order chi connectivity index (χ1) is 12.9. The molecule has 0 aromatic heterocycles. The fourth-order valence-corrected chi connectivity index (χ4v) is 2.75. The van der Waals surface area contributed by atoms with Crippen LogP contribution in [0.5, 0.6) is 0 Å². The van der Waals surface area contributed by atoms with Gasteiger partial charge in [0, 0.05) is 5.57 Å². The van der Waals surface area contributed by atoms with Gasteiger partial charge in [-0.05, 0) is 55.2 Å². The Kier molecular flexibility index (Phi) is 8.95. The summed E-state index contributed by atoms with van der Waals surface area (Å²) >= 11 is 0. The first kappa shape index (κ1) is 22.1. The minimum atomic E-state index is 0.506. The lowest BCUT2D eigenvalue weighted by Gasteiger charge is -2.16. The van der Waals surface area contributed by atoms with Crippen molar-refractivity contribution in [1.29, 1.82) is 5.41 Å². The minimum absolute atomic E-state index is 0.506. The number of nitrogens with one attached hydrogen (secondary N) is 1. The van der Waals surface area contributed by atoms with Crippen LogP contribution in [-0.2, 0) is 0 Å². The predicted octanol–water partition coefficient (Wildman–Crippen LogP) is 7.56. The van der Waals surface area contributed by atoms with E-state index in [-0.39, 0.29) is 0 Å². The van der Waals surface area contributed by atoms with Crippen LogP contribution < -0.4 is 0 Å². The Morgan fingerprint density at radius 2 is 1.81 bits per heavy atom. The summed E-state index contributed by atoms with van der Waals surface area (Å²) in [5, 5.41) is 8.12. The first-order valence-corrected chi connectivity index (χ1v) is 9.35. The molecule has 0 spiro atoms. The molecule has 0 saturated carbocycles. The maximum atomic E-state index is 8.12. The molecule has 1 aromatic carbocycles. The Morgan fingerprint density at radius 1 is 1.11 bits per heavy atom. The van der Waals surface area contributed by atoms with E-state index in [2.05, 4.69) is 63.4 Å². The lowest BCUT2D eigenvalue weighted by atomic mass is 9.89. The zero-order chi connectivity index (χ0) is 20.4. The van der Waals surface area contributed by atoms with E-state index >= 15 is 0 Å². The Bertz CT molecular complexity index is 867. The van der Waals surface area contributed by atoms with Crippen molar-refractivity contribution in [2.75, 3.05) is 0 Å². The number of allylic oxidation sites excluding steroid dienone is 12. The number of hydrogen-bond acceptors (Lipinski definition) is 1. The molecule has 0 aliphatic heterocycles. The van der Waals surface area contributed by atoms with Gasteiger partial charge in [0.15, 0.2) is 0 Å². The molecular formula is C26H31N. The van der Waals surface area contributed by atoms with E-state index in [9.17, 15) is 0 Å². The van der Waals surface area contributed by atoms with Crippen LogP contribution in [-0.4, -0.2) is 5.71 Å². The van der Waals surface area contributed by atoms with Crippen LogP contribution in [0.2, 0.25) is 0 Å². The molecule has 0 fully saturated rings. The second-order valence-corrected chi connectivity index (χ2v) is 6.30. The molecule has 0 amide bonds. The maximum absolute atomic E-state index is 8.12. The minimum Gasteiger partial charge on any atom is -0.300 e. The van der Waals surface area contributed by atoms with Gasteiger partial charge in [-0.15, -0.1) is 0 Å². The monoisotopic (exact) mass is 357 g/mol. The molecule has 0 saturated heterocycles. The summed E-state index contributed by atoms with van der Waals surface area (Å²) < 4.78 is 0. The zero-order valence-electron chi connectivity index (χ0n) is 17.3. The quantitative estimate of drug-likeness (QED) is 0.526. The average Bonchev–Trinajstić information content (AvgIpc) is 2.65. The summed E-state index contributed by atoms with van der Waals surface area (Å²) in [5.41, 5.74) is 8.17. The molecule has 27 heavy (non-hydrogen) atoms. The van der Waals surface area contributed by atoms with Crippen molar-refractivity contribution >= 4 is 11.3 Å². The van der Waals surface area contributed by atoms with Crippen LogP contribution in [0.3, 0.4) is 0 Å². The van der Waals surface area contributed by atoms with Crippen LogP contribution in [0, 0.1) is 12.3 Å². The molecule has 1 N–H and O–H groups in total. The highest BCUT2D eigenvalue weighted by Gasteiger charge is 2.12. The summed E-state index contributed by atoms with van der Waals surface area (Å²) in [5.74, 6) is 0. The van der Waals surface area contributed by atoms with E-state index in [0.29, 0.717) is 5.71 Å². The number of hydrogen-bond donors (Lipinski definition) is 1. The van der Waals surface area contributed by atoms with Crippen molar-refractivity contribution in [1.82, 2.24) is 0 Å². The highest BCUT2D eigenvalue weighted by Crippen LogP contribution is 2.29. The number of rotatable bonds is 5. The second-order valence-electron chi connectivity index (χ2n) is 6.30. The van der Waals surface area contributed by atoms with Gasteiger partial charge in [0.05, 0.1) is 5.71 Å². The third kappa shape index (κ3) is 6.38. The largest absolute Gasteiger partial charge is 0.300 e. The molecule has 0 radical (unpaired) electrons. The van der Waals surface area contributed by atoms with E-state index < -0.39 is 0 Å². The van der Waals surface area contributed by atoms with Crippen LogP contribution in [0.25, 0.3) is 5.57 Å². The molecule has 140 valence electrons. The van der Waals surface area contributed by atoms with E-state index in [1.54, 1.807) is 6.08 Å². The molecule has 0 atom stereocenters. The van der Waals surface area contributed by atoms with Crippen molar-refractivity contribution < 1.29 is 0 Å². The molecule has 0 heterocycles. The maximum Gasteiger partial charge on any atom is 0.0612 e. The molecule has 1 aromatic rings. The summed E-state index contributed by atoms with van der Waals surface area (Å²) in [4.78, 5) is 0. The van der Waals surface area contributed by atoms with Gasteiger partial charge >= 0.3 is 0 Å². The fourth-order valence-electron chi connectivity index (χ4n) is 2.75. The second kappa shape index (κ2) is 10.9. The van der Waals surface area contributed by atoms with Gasteiger partial charge in [0.2, 0.25) is 0 Å². The number of benzene rings is 1. The Balaban J connectivity index is 0.00000176. The van der Waals surface area contributed by atoms with E-state index in [0.717, 1.165) is 22.3 Å². The SMILES string of the molecule is C=C/C=C\C(C1=C/C(=C/C(=C)C)C(=N)C=C1)=C(/C)c1cccc(C)c1.CC. The van der Waals surface area contributed by atoms with Crippen molar-refractivity contribution in [3.63, 3.8) is 0 Å². The van der Waals surface area contributed by atoms with Crippen LogP contribution in [0.1, 0.15) is 38.8 Å². The third-order valence-corrected chi connectivity index (χ3v) is 4.02. The van der Waals surface area contributed by atoms with Crippen molar-refractivity contribution in [2.24, 2.45) is 0 Å². The third-order valence-electron chi connectivity index (χ3n) is 4.02. The molecule has 0 bridgehead atoms. The van der Waals surface area contributed by atoms with Crippen LogP contribution >= 0.6 is 0 Å². The smallest absolute Gasteiger partial charge is 0.0612 e. The van der Waals surface area contributed by atoms with Crippen LogP contribution in [0.15, 0.2) is 102 Å². The predicted molar refractivity (Wildman–Crippen MR) is 122 cm³/mol. The molecule has 1 heteroatoms. The zero-order valence-corrected chi connectivity index (χ0v) is 17.3. The van der Waals surface area contributed by atoms with Crippen molar-refractivity contribution in [3.05, 3.63) is 113 Å². The molecular weight excluding hydrogens is 326 g/mol. The fraction of sp³-hybridized carbons (Fsp3) is 0.192. The van der Waals surface area contributed by atoms with Gasteiger partial charge in [-0.25, -0.2) is 0 Å². The van der Waals surface area contributed by atoms with Gasteiger partial charge in [-0.3, -0.25) is 0 Å². The molecule has 2 rings (SSSR count). The molecule has 1 aliphatic carbocycles. The average molecular weight is 358 g/mol. The summed E-state index contributed by atoms with van der Waals surface area (Å²) in [6.07, 6.45) is 13.7. The normalized spacial score (nSPS) is 15.8. The van der Waals surface area contributed by atoms with E-state index in [1.165, 1.54) is 16.7 Å². The van der Waals surface area contributed by atoms with E-state index in [4.69, 9.17) is 5.41 Å². The van der Waals surface area contributed by atoms with Gasteiger partial charge in [-0.2, -0.15) is 0 Å². The Hall–Kier alpha value is -2.93. The van der Waals surface area contributed by atoms with Gasteiger partial charge < -0.3 is 5.41 Å². The van der Waals surface area contributed by atoms with Crippen LogP contribution in [0.4, 0.5) is 0 Å². The van der Waals surface area contributed by atoms with E-state index in [1.807, 2.05) is 45.1 Å². The number of aryl methyl sites for hydroxylation is 1. The lowest BCUT2D eigenvalue weighted by Crippen LogP contribution is -2.03. The molecule has 0 unspecified atom stereocenters. The van der Waals surface area contributed by atoms with Crippen molar-refractivity contribution in [3.8, 4) is 0 Å². The molecule has 1 nitrogen and oxygen atoms in total. The summed E-state index contributed by atoms with van der Waals surface area (Å²) in [7, 11) is 0. The van der Waals surface area contributed by atoms with Gasteiger partial charge in [0.1, 0.15) is 0 Å². The Labute approximate surface area is 165 Å². The lowest BCUT2D eigenvalue weighted by molar-refractivity contribution is 1.40. The topological polar surface area (TPSA) is 23.9 Å². The summed E-state index contributed by atoms with van der Waals surface area (Å²) in [6.45, 7) is 17.9. The van der Waals surface area contributed by atoms with Gasteiger partial charge in [0.25, 0.3) is 0 Å².